The molecule has 0 atom stereocenters. The summed E-state index contributed by atoms with van der Waals surface area (Å²) >= 11 is 0. The van der Waals surface area contributed by atoms with E-state index >= 15 is 0 Å². The van der Waals surface area contributed by atoms with Crippen molar-refractivity contribution in [2.24, 2.45) is 0 Å². The molecular weight excluding hydrogens is 571 g/mol. The number of hydrogen-bond donors (Lipinski definition) is 0. The molecule has 0 N–H and O–H groups in total. The normalized spacial score (nSPS) is 11.5. The number of rotatable bonds is 5. The minimum atomic E-state index is 0.879. The van der Waals surface area contributed by atoms with E-state index in [0.717, 1.165) is 39.0 Å². The Morgan fingerprint density at radius 1 is 0.426 bits per heavy atom. The number of benzene rings is 8. The summed E-state index contributed by atoms with van der Waals surface area (Å²) < 4.78 is 6.62. The first kappa shape index (κ1) is 27.2. The third-order valence-corrected chi connectivity index (χ3v) is 9.31. The summed E-state index contributed by atoms with van der Waals surface area (Å²) in [5, 5.41) is 7.30. The molecule has 2 nitrogen and oxygen atoms in total. The van der Waals surface area contributed by atoms with Crippen molar-refractivity contribution in [3.8, 4) is 22.3 Å². The van der Waals surface area contributed by atoms with Crippen LogP contribution in [0.5, 0.6) is 0 Å². The molecule has 0 aliphatic heterocycles. The minimum Gasteiger partial charge on any atom is -0.454 e. The largest absolute Gasteiger partial charge is 0.454 e. The molecule has 0 amide bonds. The Morgan fingerprint density at radius 2 is 1.04 bits per heavy atom. The summed E-state index contributed by atoms with van der Waals surface area (Å²) in [5.74, 6) is 0. The molecule has 9 rings (SSSR count). The van der Waals surface area contributed by atoms with E-state index in [1.807, 2.05) is 0 Å². The summed E-state index contributed by atoms with van der Waals surface area (Å²) in [4.78, 5) is 2.31. The van der Waals surface area contributed by atoms with Crippen LogP contribution < -0.4 is 4.90 Å². The van der Waals surface area contributed by atoms with E-state index in [4.69, 9.17) is 4.42 Å². The number of fused-ring (bicyclic) bond motifs is 6. The van der Waals surface area contributed by atoms with Gasteiger partial charge in [0.2, 0.25) is 0 Å². The van der Waals surface area contributed by atoms with Crippen molar-refractivity contribution in [3.05, 3.63) is 175 Å². The highest BCUT2D eigenvalue weighted by atomic mass is 16.3. The van der Waals surface area contributed by atoms with Gasteiger partial charge in [-0.25, -0.2) is 0 Å². The van der Waals surface area contributed by atoms with Gasteiger partial charge in [0.15, 0.2) is 5.58 Å². The SMILES string of the molecule is Cc1ccc2c(c1)oc1c(N(c3ccc(-c4ccccc4)cc3)c3ccc(-c4cc5ccccc5c5ccccc45)cc3)cccc12. The van der Waals surface area contributed by atoms with E-state index in [2.05, 4.69) is 182 Å². The van der Waals surface area contributed by atoms with E-state index in [0.29, 0.717) is 0 Å². The number of anilines is 3. The van der Waals surface area contributed by atoms with Crippen molar-refractivity contribution in [1.29, 1.82) is 0 Å². The second-order valence-electron chi connectivity index (χ2n) is 12.2. The fourth-order valence-corrected chi connectivity index (χ4v) is 7.01. The minimum absolute atomic E-state index is 0.879. The molecule has 8 aromatic carbocycles. The maximum atomic E-state index is 6.62. The van der Waals surface area contributed by atoms with E-state index < -0.39 is 0 Å². The van der Waals surface area contributed by atoms with E-state index in [-0.39, 0.29) is 0 Å². The average Bonchev–Trinajstić information content (AvgIpc) is 3.51. The summed E-state index contributed by atoms with van der Waals surface area (Å²) in [6.45, 7) is 2.11. The van der Waals surface area contributed by atoms with Crippen LogP contribution in [0.25, 0.3) is 65.7 Å². The quantitative estimate of drug-likeness (QED) is 0.182. The van der Waals surface area contributed by atoms with Crippen LogP contribution in [0.1, 0.15) is 5.56 Å². The lowest BCUT2D eigenvalue weighted by molar-refractivity contribution is 0.668. The Balaban J connectivity index is 1.21. The number of nitrogens with zero attached hydrogens (tertiary/aromatic N) is 1. The lowest BCUT2D eigenvalue weighted by Crippen LogP contribution is -2.10. The Labute approximate surface area is 273 Å². The topological polar surface area (TPSA) is 16.4 Å². The van der Waals surface area contributed by atoms with E-state index in [1.54, 1.807) is 0 Å². The van der Waals surface area contributed by atoms with Gasteiger partial charge in [-0.3, -0.25) is 0 Å². The van der Waals surface area contributed by atoms with Crippen LogP contribution in [0.3, 0.4) is 0 Å². The monoisotopic (exact) mass is 601 g/mol. The van der Waals surface area contributed by atoms with Gasteiger partial charge in [-0.05, 0) is 98.8 Å². The van der Waals surface area contributed by atoms with Crippen LogP contribution >= 0.6 is 0 Å². The van der Waals surface area contributed by atoms with Crippen molar-refractivity contribution in [2.75, 3.05) is 4.90 Å². The molecule has 0 saturated heterocycles. The molecule has 0 unspecified atom stereocenters. The van der Waals surface area contributed by atoms with E-state index in [9.17, 15) is 0 Å². The molecular formula is C45H31NO. The predicted molar refractivity (Wildman–Crippen MR) is 199 cm³/mol. The van der Waals surface area contributed by atoms with Crippen LogP contribution in [-0.4, -0.2) is 0 Å². The standard InChI is InChI=1S/C45H31NO/c1-30-18-27-40-41-16-9-17-43(45(41)47-44(40)28-30)46(35-23-19-32(20-24-35)31-10-3-2-4-11-31)36-25-21-33(22-26-36)42-29-34-12-5-6-13-37(34)38-14-7-8-15-39(38)42/h2-29H,1H3. The summed E-state index contributed by atoms with van der Waals surface area (Å²) in [7, 11) is 0. The van der Waals surface area contributed by atoms with Gasteiger partial charge >= 0.3 is 0 Å². The maximum absolute atomic E-state index is 6.62. The molecule has 0 spiro atoms. The van der Waals surface area contributed by atoms with Gasteiger partial charge in [-0.1, -0.05) is 127 Å². The molecule has 0 saturated carbocycles. The molecule has 0 radical (unpaired) electrons. The zero-order chi connectivity index (χ0) is 31.3. The number of aryl methyl sites for hydroxylation is 1. The second kappa shape index (κ2) is 11.0. The third-order valence-electron chi connectivity index (χ3n) is 9.31. The van der Waals surface area contributed by atoms with Gasteiger partial charge in [0, 0.05) is 22.1 Å². The summed E-state index contributed by atoms with van der Waals surface area (Å²) in [6, 6.07) is 60.9. The fraction of sp³-hybridized carbons (Fsp3) is 0.0222. The molecule has 0 bridgehead atoms. The first-order chi connectivity index (χ1) is 23.2. The van der Waals surface area contributed by atoms with Crippen LogP contribution in [-0.2, 0) is 0 Å². The molecule has 0 aliphatic rings. The molecule has 1 heterocycles. The van der Waals surface area contributed by atoms with Crippen LogP contribution in [0.15, 0.2) is 174 Å². The molecule has 9 aromatic rings. The Kier molecular flexibility index (Phi) is 6.39. The van der Waals surface area contributed by atoms with Gasteiger partial charge in [-0.15, -0.1) is 0 Å². The van der Waals surface area contributed by atoms with Gasteiger partial charge < -0.3 is 9.32 Å². The van der Waals surface area contributed by atoms with Crippen molar-refractivity contribution in [1.82, 2.24) is 0 Å². The van der Waals surface area contributed by atoms with E-state index in [1.165, 1.54) is 49.4 Å². The Morgan fingerprint density at radius 3 is 1.81 bits per heavy atom. The zero-order valence-corrected chi connectivity index (χ0v) is 26.0. The first-order valence-corrected chi connectivity index (χ1v) is 16.1. The van der Waals surface area contributed by atoms with Gasteiger partial charge in [-0.2, -0.15) is 0 Å². The van der Waals surface area contributed by atoms with Gasteiger partial charge in [0.1, 0.15) is 5.58 Å². The van der Waals surface area contributed by atoms with Crippen molar-refractivity contribution in [2.45, 2.75) is 6.92 Å². The Bertz CT molecular complexity index is 2560. The highest BCUT2D eigenvalue weighted by molar-refractivity contribution is 6.14. The van der Waals surface area contributed by atoms with Gasteiger partial charge in [0.25, 0.3) is 0 Å². The highest BCUT2D eigenvalue weighted by Gasteiger charge is 2.20. The summed E-state index contributed by atoms with van der Waals surface area (Å²) in [5.41, 5.74) is 10.9. The fourth-order valence-electron chi connectivity index (χ4n) is 7.01. The number of furan rings is 1. The van der Waals surface area contributed by atoms with Crippen LogP contribution in [0.2, 0.25) is 0 Å². The molecule has 47 heavy (non-hydrogen) atoms. The molecule has 1 aromatic heterocycles. The Hall–Kier alpha value is -6.12. The maximum Gasteiger partial charge on any atom is 0.159 e. The second-order valence-corrected chi connectivity index (χ2v) is 12.2. The first-order valence-electron chi connectivity index (χ1n) is 16.1. The van der Waals surface area contributed by atoms with Gasteiger partial charge in [0.05, 0.1) is 5.69 Å². The van der Waals surface area contributed by atoms with Crippen molar-refractivity contribution < 1.29 is 4.42 Å². The third kappa shape index (κ3) is 4.65. The zero-order valence-electron chi connectivity index (χ0n) is 26.0. The highest BCUT2D eigenvalue weighted by Crippen LogP contribution is 2.43. The van der Waals surface area contributed by atoms with Crippen molar-refractivity contribution >= 4 is 60.5 Å². The molecule has 0 aliphatic carbocycles. The van der Waals surface area contributed by atoms with Crippen molar-refractivity contribution in [3.63, 3.8) is 0 Å². The number of hydrogen-bond acceptors (Lipinski definition) is 2. The predicted octanol–water partition coefficient (Wildman–Crippen LogP) is 13.0. The lowest BCUT2D eigenvalue weighted by Gasteiger charge is -2.26. The lowest BCUT2D eigenvalue weighted by atomic mass is 9.93. The smallest absolute Gasteiger partial charge is 0.159 e. The molecule has 0 fully saturated rings. The van der Waals surface area contributed by atoms with Crippen LogP contribution in [0, 0.1) is 6.92 Å². The average molecular weight is 602 g/mol. The summed E-state index contributed by atoms with van der Waals surface area (Å²) in [6.07, 6.45) is 0. The number of para-hydroxylation sites is 1. The van der Waals surface area contributed by atoms with Crippen LogP contribution in [0.4, 0.5) is 17.1 Å². The molecule has 222 valence electrons. The molecule has 2 heteroatoms.